The van der Waals surface area contributed by atoms with E-state index in [4.69, 9.17) is 15.2 Å². The Hall–Kier alpha value is -1.27. The van der Waals surface area contributed by atoms with Crippen molar-refractivity contribution in [3.63, 3.8) is 0 Å². The van der Waals surface area contributed by atoms with Gasteiger partial charge in [0.1, 0.15) is 11.5 Å². The van der Waals surface area contributed by atoms with Crippen molar-refractivity contribution in [2.75, 3.05) is 26.5 Å². The number of benzene rings is 1. The van der Waals surface area contributed by atoms with Crippen molar-refractivity contribution in [3.8, 4) is 11.5 Å². The van der Waals surface area contributed by atoms with E-state index in [2.05, 4.69) is 0 Å². The summed E-state index contributed by atoms with van der Waals surface area (Å²) in [4.78, 5) is 0. The van der Waals surface area contributed by atoms with Gasteiger partial charge in [-0.1, -0.05) is 6.07 Å². The first kappa shape index (κ1) is 13.8. The van der Waals surface area contributed by atoms with Crippen molar-refractivity contribution < 1.29 is 17.9 Å². The molecule has 96 valence electrons. The van der Waals surface area contributed by atoms with E-state index in [1.165, 1.54) is 7.11 Å². The maximum Gasteiger partial charge on any atom is 0.155 e. The number of nitrogens with two attached hydrogens (primary N) is 1. The fourth-order valence-electron chi connectivity index (χ4n) is 1.46. The molecule has 1 aromatic carbocycles. The summed E-state index contributed by atoms with van der Waals surface area (Å²) in [5.74, 6) is 1.03. The highest BCUT2D eigenvalue weighted by atomic mass is 32.2. The molecule has 2 N–H and O–H groups in total. The normalized spacial score (nSPS) is 11.2. The van der Waals surface area contributed by atoms with Gasteiger partial charge in [0.2, 0.25) is 0 Å². The van der Waals surface area contributed by atoms with Crippen LogP contribution in [-0.4, -0.2) is 34.9 Å². The summed E-state index contributed by atoms with van der Waals surface area (Å²) >= 11 is 0. The summed E-state index contributed by atoms with van der Waals surface area (Å²) in [6.07, 6.45) is 0. The molecule has 0 aromatic heterocycles. The van der Waals surface area contributed by atoms with Crippen molar-refractivity contribution >= 4 is 9.84 Å². The van der Waals surface area contributed by atoms with Gasteiger partial charge in [0.15, 0.2) is 9.84 Å². The zero-order valence-corrected chi connectivity index (χ0v) is 10.8. The van der Waals surface area contributed by atoms with Gasteiger partial charge in [-0.05, 0) is 6.07 Å². The second kappa shape index (κ2) is 5.88. The first-order valence-electron chi connectivity index (χ1n) is 5.14. The third kappa shape index (κ3) is 3.90. The minimum Gasteiger partial charge on any atom is -0.497 e. The van der Waals surface area contributed by atoms with Crippen LogP contribution in [0.4, 0.5) is 0 Å². The average molecular weight is 259 g/mol. The second-order valence-corrected chi connectivity index (χ2v) is 5.74. The number of hydrogen-bond acceptors (Lipinski definition) is 5. The third-order valence-corrected chi connectivity index (χ3v) is 3.91. The van der Waals surface area contributed by atoms with Gasteiger partial charge in [-0.3, -0.25) is 0 Å². The highest BCUT2D eigenvalue weighted by Crippen LogP contribution is 2.26. The molecule has 0 atom stereocenters. The van der Waals surface area contributed by atoms with E-state index in [1.54, 1.807) is 25.3 Å². The molecule has 0 aliphatic rings. The molecule has 0 unspecified atom stereocenters. The van der Waals surface area contributed by atoms with Crippen LogP contribution < -0.4 is 15.2 Å². The Balaban J connectivity index is 2.98. The Kier molecular flexibility index (Phi) is 4.77. The molecule has 0 aliphatic heterocycles. The summed E-state index contributed by atoms with van der Waals surface area (Å²) in [5, 5.41) is 0. The number of ether oxygens (including phenoxy) is 2. The first-order chi connectivity index (χ1) is 8.02. The van der Waals surface area contributed by atoms with Gasteiger partial charge >= 0.3 is 0 Å². The zero-order chi connectivity index (χ0) is 12.9. The highest BCUT2D eigenvalue weighted by Gasteiger charge is 2.14. The van der Waals surface area contributed by atoms with Crippen molar-refractivity contribution in [1.82, 2.24) is 0 Å². The smallest absolute Gasteiger partial charge is 0.155 e. The number of methoxy groups -OCH3 is 2. The fraction of sp³-hybridized carbons (Fsp3) is 0.455. The summed E-state index contributed by atoms with van der Waals surface area (Å²) < 4.78 is 33.5. The SMILES string of the molecule is COc1ccc(CS(=O)(=O)CCN)c(OC)c1. The zero-order valence-electron chi connectivity index (χ0n) is 9.97. The maximum atomic E-state index is 11.7. The van der Waals surface area contributed by atoms with Gasteiger partial charge in [-0.2, -0.15) is 0 Å². The van der Waals surface area contributed by atoms with Crippen molar-refractivity contribution in [3.05, 3.63) is 23.8 Å². The Morgan fingerprint density at radius 1 is 1.24 bits per heavy atom. The molecule has 0 aliphatic carbocycles. The quantitative estimate of drug-likeness (QED) is 0.808. The van der Waals surface area contributed by atoms with Gasteiger partial charge in [0.25, 0.3) is 0 Å². The minimum atomic E-state index is -3.18. The molecule has 1 rings (SSSR count). The average Bonchev–Trinajstić information content (AvgIpc) is 2.29. The number of rotatable bonds is 6. The van der Waals surface area contributed by atoms with E-state index >= 15 is 0 Å². The summed E-state index contributed by atoms with van der Waals surface area (Å²) in [5.41, 5.74) is 5.87. The third-order valence-electron chi connectivity index (χ3n) is 2.30. The maximum absolute atomic E-state index is 11.7. The molecule has 6 heteroatoms. The molecule has 0 fully saturated rings. The van der Waals surface area contributed by atoms with Gasteiger partial charge in [0.05, 0.1) is 25.7 Å². The van der Waals surface area contributed by atoms with Gasteiger partial charge in [-0.15, -0.1) is 0 Å². The summed E-state index contributed by atoms with van der Waals surface area (Å²) in [7, 11) is -0.148. The number of hydrogen-bond donors (Lipinski definition) is 1. The molecule has 0 saturated carbocycles. The Morgan fingerprint density at radius 3 is 2.47 bits per heavy atom. The molecule has 1 aromatic rings. The van der Waals surface area contributed by atoms with Crippen molar-refractivity contribution in [2.24, 2.45) is 5.73 Å². The van der Waals surface area contributed by atoms with E-state index in [-0.39, 0.29) is 18.1 Å². The van der Waals surface area contributed by atoms with Crippen LogP contribution in [-0.2, 0) is 15.6 Å². The van der Waals surface area contributed by atoms with Crippen molar-refractivity contribution in [1.29, 1.82) is 0 Å². The molecule has 0 spiro atoms. The number of sulfone groups is 1. The van der Waals surface area contributed by atoms with Gasteiger partial charge in [-0.25, -0.2) is 8.42 Å². The largest absolute Gasteiger partial charge is 0.497 e. The van der Waals surface area contributed by atoms with Gasteiger partial charge in [0, 0.05) is 18.2 Å². The minimum absolute atomic E-state index is 0.0256. The van der Waals surface area contributed by atoms with Crippen molar-refractivity contribution in [2.45, 2.75) is 5.75 Å². The van der Waals surface area contributed by atoms with E-state index in [9.17, 15) is 8.42 Å². The predicted molar refractivity (Wildman–Crippen MR) is 66.1 cm³/mol. The van der Waals surface area contributed by atoms with Crippen LogP contribution in [0.3, 0.4) is 0 Å². The molecular formula is C11H17NO4S. The van der Waals surface area contributed by atoms with Crippen LogP contribution >= 0.6 is 0 Å². The van der Waals surface area contributed by atoms with E-state index in [1.807, 2.05) is 0 Å². The van der Waals surface area contributed by atoms with Crippen LogP contribution in [0, 0.1) is 0 Å². The lowest BCUT2D eigenvalue weighted by Gasteiger charge is -2.10. The van der Waals surface area contributed by atoms with E-state index < -0.39 is 9.84 Å². The predicted octanol–water partition coefficient (Wildman–Crippen LogP) is 0.577. The lowest BCUT2D eigenvalue weighted by atomic mass is 10.2. The van der Waals surface area contributed by atoms with Crippen LogP contribution in [0.1, 0.15) is 5.56 Å². The first-order valence-corrected chi connectivity index (χ1v) is 6.96. The molecule has 0 amide bonds. The highest BCUT2D eigenvalue weighted by molar-refractivity contribution is 7.90. The Labute approximate surface area is 101 Å². The van der Waals surface area contributed by atoms with Crippen LogP contribution in [0.2, 0.25) is 0 Å². The second-order valence-electron chi connectivity index (χ2n) is 3.56. The van der Waals surface area contributed by atoms with Crippen LogP contribution in [0.15, 0.2) is 18.2 Å². The monoisotopic (exact) mass is 259 g/mol. The Bertz CT molecular complexity index is 470. The molecule has 0 heterocycles. The van der Waals surface area contributed by atoms with Gasteiger partial charge < -0.3 is 15.2 Å². The molecule has 0 radical (unpaired) electrons. The lowest BCUT2D eigenvalue weighted by molar-refractivity contribution is 0.392. The lowest BCUT2D eigenvalue weighted by Crippen LogP contribution is -2.17. The Morgan fingerprint density at radius 2 is 1.94 bits per heavy atom. The van der Waals surface area contributed by atoms with Crippen LogP contribution in [0.25, 0.3) is 0 Å². The van der Waals surface area contributed by atoms with Crippen LogP contribution in [0.5, 0.6) is 11.5 Å². The fourth-order valence-corrected chi connectivity index (χ4v) is 2.68. The standard InChI is InChI=1S/C11H17NO4S/c1-15-10-4-3-9(11(7-10)16-2)8-17(13,14)6-5-12/h3-4,7H,5-6,8,12H2,1-2H3. The molecule has 5 nitrogen and oxygen atoms in total. The summed E-state index contributed by atoms with van der Waals surface area (Å²) in [6, 6.07) is 5.05. The topological polar surface area (TPSA) is 78.6 Å². The van der Waals surface area contributed by atoms with E-state index in [0.717, 1.165) is 0 Å². The molecule has 0 bridgehead atoms. The summed E-state index contributed by atoms with van der Waals surface area (Å²) in [6.45, 7) is 0.126. The molecule has 17 heavy (non-hydrogen) atoms. The van der Waals surface area contributed by atoms with E-state index in [0.29, 0.717) is 17.1 Å². The molecule has 0 saturated heterocycles. The molecular weight excluding hydrogens is 242 g/mol.